The molecule has 20 heavy (non-hydrogen) atoms. The Hall–Kier alpha value is -1.35. The number of amides is 1. The van der Waals surface area contributed by atoms with Crippen molar-refractivity contribution >= 4 is 5.91 Å². The minimum Gasteiger partial charge on any atom is -0.339 e. The van der Waals surface area contributed by atoms with Gasteiger partial charge in [0.25, 0.3) is 5.91 Å². The third-order valence-electron chi connectivity index (χ3n) is 3.69. The summed E-state index contributed by atoms with van der Waals surface area (Å²) in [5, 5.41) is 3.14. The highest BCUT2D eigenvalue weighted by atomic mass is 16.2. The van der Waals surface area contributed by atoms with Crippen LogP contribution in [0.4, 0.5) is 0 Å². The molecule has 0 aliphatic rings. The Balaban J connectivity index is 2.85. The van der Waals surface area contributed by atoms with Gasteiger partial charge in [-0.1, -0.05) is 32.0 Å². The summed E-state index contributed by atoms with van der Waals surface area (Å²) < 4.78 is 0. The maximum atomic E-state index is 12.7. The molecule has 0 spiro atoms. The Morgan fingerprint density at radius 3 is 2.50 bits per heavy atom. The minimum atomic E-state index is 0.129. The largest absolute Gasteiger partial charge is 0.339 e. The van der Waals surface area contributed by atoms with Crippen LogP contribution in [-0.2, 0) is 6.42 Å². The first kappa shape index (κ1) is 16.7. The van der Waals surface area contributed by atoms with E-state index in [2.05, 4.69) is 26.1 Å². The highest BCUT2D eigenvalue weighted by molar-refractivity contribution is 5.95. The molecule has 0 bridgehead atoms. The van der Waals surface area contributed by atoms with Crippen LogP contribution in [0.2, 0.25) is 0 Å². The SMILES string of the molecule is CNCCc1ccccc1C(=O)N(C)C(C)CC(C)C. The van der Waals surface area contributed by atoms with Crippen molar-refractivity contribution in [3.8, 4) is 0 Å². The van der Waals surface area contributed by atoms with E-state index in [4.69, 9.17) is 0 Å². The first-order valence-corrected chi connectivity index (χ1v) is 7.47. The summed E-state index contributed by atoms with van der Waals surface area (Å²) in [5.74, 6) is 0.727. The summed E-state index contributed by atoms with van der Waals surface area (Å²) in [7, 11) is 3.84. The molecule has 1 rings (SSSR count). The third kappa shape index (κ3) is 4.64. The zero-order chi connectivity index (χ0) is 15.1. The monoisotopic (exact) mass is 276 g/mol. The van der Waals surface area contributed by atoms with E-state index < -0.39 is 0 Å². The Bertz CT molecular complexity index is 429. The smallest absolute Gasteiger partial charge is 0.254 e. The number of rotatable bonds is 7. The van der Waals surface area contributed by atoms with E-state index in [0.717, 1.165) is 30.5 Å². The topological polar surface area (TPSA) is 32.3 Å². The van der Waals surface area contributed by atoms with E-state index in [0.29, 0.717) is 5.92 Å². The Labute approximate surface area is 123 Å². The molecule has 3 heteroatoms. The van der Waals surface area contributed by atoms with Gasteiger partial charge in [-0.05, 0) is 50.9 Å². The van der Waals surface area contributed by atoms with E-state index in [1.165, 1.54) is 0 Å². The van der Waals surface area contributed by atoms with Crippen LogP contribution in [0.5, 0.6) is 0 Å². The van der Waals surface area contributed by atoms with Crippen LogP contribution < -0.4 is 5.32 Å². The summed E-state index contributed by atoms with van der Waals surface area (Å²) in [5.41, 5.74) is 1.95. The van der Waals surface area contributed by atoms with Gasteiger partial charge >= 0.3 is 0 Å². The van der Waals surface area contributed by atoms with E-state index in [1.807, 2.05) is 43.3 Å². The molecular weight excluding hydrogens is 248 g/mol. The lowest BCUT2D eigenvalue weighted by Crippen LogP contribution is -2.36. The lowest BCUT2D eigenvalue weighted by atomic mass is 10.0. The van der Waals surface area contributed by atoms with E-state index >= 15 is 0 Å². The lowest BCUT2D eigenvalue weighted by Gasteiger charge is -2.27. The fraction of sp³-hybridized carbons (Fsp3) is 0.588. The number of benzene rings is 1. The number of hydrogen-bond acceptors (Lipinski definition) is 2. The molecule has 0 aliphatic carbocycles. The Morgan fingerprint density at radius 1 is 1.25 bits per heavy atom. The van der Waals surface area contributed by atoms with Crippen molar-refractivity contribution in [2.75, 3.05) is 20.6 Å². The third-order valence-corrected chi connectivity index (χ3v) is 3.69. The molecule has 3 nitrogen and oxygen atoms in total. The molecule has 0 heterocycles. The second-order valence-corrected chi connectivity index (χ2v) is 5.91. The van der Waals surface area contributed by atoms with Gasteiger partial charge in [0.05, 0.1) is 0 Å². The molecule has 0 radical (unpaired) electrons. The van der Waals surface area contributed by atoms with Crippen molar-refractivity contribution in [1.29, 1.82) is 0 Å². The fourth-order valence-corrected chi connectivity index (χ4v) is 2.44. The van der Waals surface area contributed by atoms with Gasteiger partial charge in [-0.25, -0.2) is 0 Å². The van der Waals surface area contributed by atoms with Crippen LogP contribution in [0, 0.1) is 5.92 Å². The number of nitrogens with one attached hydrogen (secondary N) is 1. The summed E-state index contributed by atoms with van der Waals surface area (Å²) in [6.07, 6.45) is 1.91. The molecule has 1 N–H and O–H groups in total. The number of hydrogen-bond donors (Lipinski definition) is 1. The van der Waals surface area contributed by atoms with Gasteiger partial charge in [0.15, 0.2) is 0 Å². The molecular formula is C17H28N2O. The summed E-state index contributed by atoms with van der Waals surface area (Å²) in [6, 6.07) is 8.19. The molecule has 0 fully saturated rings. The summed E-state index contributed by atoms with van der Waals surface area (Å²) in [6.45, 7) is 7.38. The van der Waals surface area contributed by atoms with Crippen LogP contribution >= 0.6 is 0 Å². The van der Waals surface area contributed by atoms with E-state index in [9.17, 15) is 4.79 Å². The molecule has 1 unspecified atom stereocenters. The molecule has 112 valence electrons. The maximum absolute atomic E-state index is 12.7. The number of nitrogens with zero attached hydrogens (tertiary/aromatic N) is 1. The van der Waals surface area contributed by atoms with Crippen molar-refractivity contribution in [2.24, 2.45) is 5.92 Å². The maximum Gasteiger partial charge on any atom is 0.254 e. The normalized spacial score (nSPS) is 12.5. The fourth-order valence-electron chi connectivity index (χ4n) is 2.44. The van der Waals surface area contributed by atoms with Gasteiger partial charge in [0.1, 0.15) is 0 Å². The molecule has 1 amide bonds. The van der Waals surface area contributed by atoms with Crippen LogP contribution in [0.15, 0.2) is 24.3 Å². The first-order chi connectivity index (χ1) is 9.47. The predicted octanol–water partition coefficient (Wildman–Crippen LogP) is 2.96. The van der Waals surface area contributed by atoms with E-state index in [-0.39, 0.29) is 11.9 Å². The first-order valence-electron chi connectivity index (χ1n) is 7.47. The predicted molar refractivity (Wildman–Crippen MR) is 85.1 cm³/mol. The van der Waals surface area contributed by atoms with Gasteiger partial charge in [0.2, 0.25) is 0 Å². The zero-order valence-corrected chi connectivity index (χ0v) is 13.4. The quantitative estimate of drug-likeness (QED) is 0.830. The number of carbonyl (C=O) groups is 1. The van der Waals surface area contributed by atoms with Crippen molar-refractivity contribution in [1.82, 2.24) is 10.2 Å². The summed E-state index contributed by atoms with van der Waals surface area (Å²) in [4.78, 5) is 14.5. The van der Waals surface area contributed by atoms with Crippen molar-refractivity contribution in [3.63, 3.8) is 0 Å². The Morgan fingerprint density at radius 2 is 1.90 bits per heavy atom. The van der Waals surface area contributed by atoms with Crippen LogP contribution in [0.1, 0.15) is 43.1 Å². The second kappa shape index (κ2) is 8.05. The highest BCUT2D eigenvalue weighted by Crippen LogP contribution is 2.16. The minimum absolute atomic E-state index is 0.129. The van der Waals surface area contributed by atoms with Crippen molar-refractivity contribution in [2.45, 2.75) is 39.7 Å². The molecule has 0 saturated carbocycles. The highest BCUT2D eigenvalue weighted by Gasteiger charge is 2.20. The molecule has 1 atom stereocenters. The average Bonchev–Trinajstić information content (AvgIpc) is 2.43. The standard InChI is InChI=1S/C17H28N2O/c1-13(2)12-14(3)19(5)17(20)16-9-7-6-8-15(16)10-11-18-4/h6-9,13-14,18H,10-12H2,1-5H3. The molecule has 1 aromatic carbocycles. The number of likely N-dealkylation sites (N-methyl/N-ethyl adjacent to an activating group) is 1. The van der Waals surface area contributed by atoms with Gasteiger partial charge in [-0.3, -0.25) is 4.79 Å². The van der Waals surface area contributed by atoms with Crippen LogP contribution in [0.25, 0.3) is 0 Å². The molecule has 0 saturated heterocycles. The lowest BCUT2D eigenvalue weighted by molar-refractivity contribution is 0.0727. The molecule has 0 aliphatic heterocycles. The van der Waals surface area contributed by atoms with Crippen molar-refractivity contribution in [3.05, 3.63) is 35.4 Å². The van der Waals surface area contributed by atoms with Crippen LogP contribution in [-0.4, -0.2) is 37.5 Å². The van der Waals surface area contributed by atoms with Gasteiger partial charge in [-0.15, -0.1) is 0 Å². The summed E-state index contributed by atoms with van der Waals surface area (Å²) >= 11 is 0. The van der Waals surface area contributed by atoms with Crippen molar-refractivity contribution < 1.29 is 4.79 Å². The Kier molecular flexibility index (Phi) is 6.73. The van der Waals surface area contributed by atoms with Gasteiger partial charge < -0.3 is 10.2 Å². The van der Waals surface area contributed by atoms with Crippen LogP contribution in [0.3, 0.4) is 0 Å². The van der Waals surface area contributed by atoms with E-state index in [1.54, 1.807) is 0 Å². The zero-order valence-electron chi connectivity index (χ0n) is 13.4. The number of carbonyl (C=O) groups excluding carboxylic acids is 1. The molecule has 0 aromatic heterocycles. The second-order valence-electron chi connectivity index (χ2n) is 5.91. The van der Waals surface area contributed by atoms with Gasteiger partial charge in [-0.2, -0.15) is 0 Å². The average molecular weight is 276 g/mol. The molecule has 1 aromatic rings. The van der Waals surface area contributed by atoms with Gasteiger partial charge in [0, 0.05) is 18.7 Å².